The molecule has 8 heteroatoms. The number of halogens is 2. The Morgan fingerprint density at radius 2 is 2.10 bits per heavy atom. The summed E-state index contributed by atoms with van der Waals surface area (Å²) in [5.41, 5.74) is 1.06. The SMILES string of the molecule is Cc1nc(Cl)ccc1NC(=O)c1ccc(Br)c([N+](=O)[O-])c1. The molecular formula is C13H9BrClN3O3. The Bertz CT molecular complexity index is 737. The molecule has 2 aromatic rings. The molecule has 0 unspecified atom stereocenters. The van der Waals surface area contributed by atoms with E-state index in [1.807, 2.05) is 0 Å². The predicted molar refractivity (Wildman–Crippen MR) is 82.7 cm³/mol. The maximum absolute atomic E-state index is 12.1. The molecule has 1 aromatic heterocycles. The highest BCUT2D eigenvalue weighted by molar-refractivity contribution is 9.10. The Morgan fingerprint density at radius 3 is 2.71 bits per heavy atom. The van der Waals surface area contributed by atoms with Gasteiger partial charge in [0.15, 0.2) is 0 Å². The first-order valence-electron chi connectivity index (χ1n) is 5.77. The van der Waals surface area contributed by atoms with Crippen molar-refractivity contribution in [1.82, 2.24) is 4.98 Å². The van der Waals surface area contributed by atoms with Crippen LogP contribution >= 0.6 is 27.5 Å². The molecule has 0 radical (unpaired) electrons. The van der Waals surface area contributed by atoms with Crippen molar-refractivity contribution in [2.75, 3.05) is 5.32 Å². The largest absolute Gasteiger partial charge is 0.320 e. The van der Waals surface area contributed by atoms with E-state index < -0.39 is 10.8 Å². The van der Waals surface area contributed by atoms with Crippen LogP contribution in [-0.4, -0.2) is 15.8 Å². The summed E-state index contributed by atoms with van der Waals surface area (Å²) < 4.78 is 0.313. The van der Waals surface area contributed by atoms with Gasteiger partial charge in [-0.3, -0.25) is 14.9 Å². The van der Waals surface area contributed by atoms with E-state index in [0.29, 0.717) is 21.0 Å². The Hall–Kier alpha value is -1.99. The Morgan fingerprint density at radius 1 is 1.38 bits per heavy atom. The van der Waals surface area contributed by atoms with Gasteiger partial charge in [0.25, 0.3) is 11.6 Å². The van der Waals surface area contributed by atoms with Crippen molar-refractivity contribution in [2.45, 2.75) is 6.92 Å². The molecule has 108 valence electrons. The van der Waals surface area contributed by atoms with E-state index in [9.17, 15) is 14.9 Å². The number of aromatic nitrogens is 1. The summed E-state index contributed by atoms with van der Waals surface area (Å²) in [6, 6.07) is 7.33. The van der Waals surface area contributed by atoms with E-state index in [0.717, 1.165) is 0 Å². The van der Waals surface area contributed by atoms with Crippen LogP contribution in [0.4, 0.5) is 11.4 Å². The van der Waals surface area contributed by atoms with Crippen LogP contribution in [0.15, 0.2) is 34.8 Å². The summed E-state index contributed by atoms with van der Waals surface area (Å²) in [5, 5.41) is 13.8. The summed E-state index contributed by atoms with van der Waals surface area (Å²) >= 11 is 8.81. The van der Waals surface area contributed by atoms with Crippen LogP contribution < -0.4 is 5.32 Å². The fourth-order valence-corrected chi connectivity index (χ4v) is 2.23. The van der Waals surface area contributed by atoms with Gasteiger partial charge in [0.1, 0.15) is 5.15 Å². The number of benzene rings is 1. The quantitative estimate of drug-likeness (QED) is 0.503. The Labute approximate surface area is 133 Å². The van der Waals surface area contributed by atoms with E-state index in [-0.39, 0.29) is 11.3 Å². The van der Waals surface area contributed by atoms with E-state index in [4.69, 9.17) is 11.6 Å². The fourth-order valence-electron chi connectivity index (χ4n) is 1.65. The second-order valence-corrected chi connectivity index (χ2v) is 5.39. The second-order valence-electron chi connectivity index (χ2n) is 4.14. The molecule has 0 saturated heterocycles. The van der Waals surface area contributed by atoms with Crippen LogP contribution in [0.25, 0.3) is 0 Å². The van der Waals surface area contributed by atoms with Gasteiger partial charge in [0.05, 0.1) is 20.8 Å². The number of pyridine rings is 1. The number of nitrogens with zero attached hydrogens (tertiary/aromatic N) is 2. The lowest BCUT2D eigenvalue weighted by atomic mass is 10.2. The lowest BCUT2D eigenvalue weighted by Crippen LogP contribution is -2.13. The Balaban J connectivity index is 2.28. The van der Waals surface area contributed by atoms with Crippen molar-refractivity contribution in [3.8, 4) is 0 Å². The molecule has 1 heterocycles. The predicted octanol–water partition coefficient (Wildman–Crippen LogP) is 3.97. The van der Waals surface area contributed by atoms with Gasteiger partial charge in [0.2, 0.25) is 0 Å². The number of amides is 1. The number of nitro groups is 1. The highest BCUT2D eigenvalue weighted by atomic mass is 79.9. The minimum atomic E-state index is -0.560. The monoisotopic (exact) mass is 369 g/mol. The number of anilines is 1. The first-order chi connectivity index (χ1) is 9.88. The van der Waals surface area contributed by atoms with Gasteiger partial charge < -0.3 is 5.32 Å². The van der Waals surface area contributed by atoms with Crippen LogP contribution in [0.3, 0.4) is 0 Å². The van der Waals surface area contributed by atoms with Gasteiger partial charge >= 0.3 is 0 Å². The van der Waals surface area contributed by atoms with Gasteiger partial charge in [-0.05, 0) is 47.1 Å². The molecular weight excluding hydrogens is 362 g/mol. The van der Waals surface area contributed by atoms with Crippen LogP contribution in [0, 0.1) is 17.0 Å². The molecule has 0 atom stereocenters. The zero-order valence-electron chi connectivity index (χ0n) is 10.8. The van der Waals surface area contributed by atoms with Gasteiger partial charge in [0, 0.05) is 11.6 Å². The average Bonchev–Trinajstić information content (AvgIpc) is 2.42. The van der Waals surface area contributed by atoms with Gasteiger partial charge in [-0.25, -0.2) is 4.98 Å². The third-order valence-corrected chi connectivity index (χ3v) is 3.59. The molecule has 21 heavy (non-hydrogen) atoms. The number of aryl methyl sites for hydroxylation is 1. The molecule has 2 rings (SSSR count). The van der Waals surface area contributed by atoms with Crippen LogP contribution in [0.1, 0.15) is 16.1 Å². The summed E-state index contributed by atoms with van der Waals surface area (Å²) in [7, 11) is 0. The standard InChI is InChI=1S/C13H9BrClN3O3/c1-7-10(4-5-12(15)16-7)17-13(19)8-2-3-9(14)11(6-8)18(20)21/h2-6H,1H3,(H,17,19). The lowest BCUT2D eigenvalue weighted by Gasteiger charge is -2.08. The first-order valence-corrected chi connectivity index (χ1v) is 6.94. The smallest absolute Gasteiger partial charge is 0.284 e. The maximum atomic E-state index is 12.1. The number of carbonyl (C=O) groups is 1. The van der Waals surface area contributed by atoms with Gasteiger partial charge in [-0.1, -0.05) is 11.6 Å². The third kappa shape index (κ3) is 3.56. The maximum Gasteiger partial charge on any atom is 0.284 e. The molecule has 6 nitrogen and oxygen atoms in total. The fraction of sp³-hybridized carbons (Fsp3) is 0.0769. The molecule has 0 saturated carbocycles. The zero-order chi connectivity index (χ0) is 15.6. The number of nitrogens with one attached hydrogen (secondary N) is 1. The molecule has 0 aliphatic heterocycles. The molecule has 1 N–H and O–H groups in total. The molecule has 0 bridgehead atoms. The number of hydrogen-bond donors (Lipinski definition) is 1. The summed E-state index contributed by atoms with van der Waals surface area (Å²) in [6.45, 7) is 1.70. The normalized spacial score (nSPS) is 10.2. The molecule has 0 fully saturated rings. The number of carbonyl (C=O) groups excluding carboxylic acids is 1. The topological polar surface area (TPSA) is 85.1 Å². The van der Waals surface area contributed by atoms with Crippen molar-refractivity contribution >= 4 is 44.8 Å². The van der Waals surface area contributed by atoms with Crippen molar-refractivity contribution in [3.05, 3.63) is 61.3 Å². The highest BCUT2D eigenvalue weighted by Gasteiger charge is 2.16. The van der Waals surface area contributed by atoms with Crippen LogP contribution in [0.5, 0.6) is 0 Å². The van der Waals surface area contributed by atoms with Gasteiger partial charge in [-0.2, -0.15) is 0 Å². The number of rotatable bonds is 3. The average molecular weight is 371 g/mol. The van der Waals surface area contributed by atoms with Crippen molar-refractivity contribution in [1.29, 1.82) is 0 Å². The minimum Gasteiger partial charge on any atom is -0.320 e. The van der Waals surface area contributed by atoms with Crippen LogP contribution in [0.2, 0.25) is 5.15 Å². The highest BCUT2D eigenvalue weighted by Crippen LogP contribution is 2.26. The van der Waals surface area contributed by atoms with Crippen molar-refractivity contribution in [2.24, 2.45) is 0 Å². The molecule has 0 aliphatic rings. The number of hydrogen-bond acceptors (Lipinski definition) is 4. The molecule has 1 aromatic carbocycles. The molecule has 0 aliphatic carbocycles. The Kier molecular flexibility index (Phi) is 4.54. The van der Waals surface area contributed by atoms with E-state index in [2.05, 4.69) is 26.2 Å². The molecule has 1 amide bonds. The van der Waals surface area contributed by atoms with Crippen LogP contribution in [-0.2, 0) is 0 Å². The van der Waals surface area contributed by atoms with E-state index >= 15 is 0 Å². The lowest BCUT2D eigenvalue weighted by molar-refractivity contribution is -0.385. The summed E-state index contributed by atoms with van der Waals surface area (Å²) in [6.07, 6.45) is 0. The van der Waals surface area contributed by atoms with Crippen molar-refractivity contribution < 1.29 is 9.72 Å². The van der Waals surface area contributed by atoms with E-state index in [1.54, 1.807) is 19.1 Å². The minimum absolute atomic E-state index is 0.173. The summed E-state index contributed by atoms with van der Waals surface area (Å²) in [5.74, 6) is -0.460. The second kappa shape index (κ2) is 6.19. The van der Waals surface area contributed by atoms with E-state index in [1.165, 1.54) is 18.2 Å². The third-order valence-electron chi connectivity index (χ3n) is 2.71. The van der Waals surface area contributed by atoms with Crippen molar-refractivity contribution in [3.63, 3.8) is 0 Å². The zero-order valence-corrected chi connectivity index (χ0v) is 13.1. The first kappa shape index (κ1) is 15.4. The summed E-state index contributed by atoms with van der Waals surface area (Å²) in [4.78, 5) is 26.4. The number of nitro benzene ring substituents is 1. The molecule has 0 spiro atoms. The van der Waals surface area contributed by atoms with Gasteiger partial charge in [-0.15, -0.1) is 0 Å².